The van der Waals surface area contributed by atoms with E-state index >= 15 is 0 Å². The first kappa shape index (κ1) is 11.4. The van der Waals surface area contributed by atoms with E-state index in [0.717, 1.165) is 13.5 Å². The summed E-state index contributed by atoms with van der Waals surface area (Å²) in [5.41, 5.74) is 2.85. The molecule has 1 aliphatic rings. The van der Waals surface area contributed by atoms with Gasteiger partial charge in [-0.05, 0) is 18.6 Å². The van der Waals surface area contributed by atoms with Crippen molar-refractivity contribution in [1.82, 2.24) is 0 Å². The fourth-order valence-corrected chi connectivity index (χ4v) is 1.49. The minimum Gasteiger partial charge on any atom is -0.550 e. The zero-order chi connectivity index (χ0) is 11.3. The summed E-state index contributed by atoms with van der Waals surface area (Å²) < 4.78 is 2.24. The number of fused-ring (bicyclic) bond motifs is 1. The largest absolute Gasteiger partial charge is 0.550 e. The third-order valence-corrected chi connectivity index (χ3v) is 2.15. The summed E-state index contributed by atoms with van der Waals surface area (Å²) in [6, 6.07) is 8.58. The third kappa shape index (κ3) is 3.94. The SMILES string of the molecule is CC(=O)[O-].C[N+]1=Cc2ccccc2CC1. The highest BCUT2D eigenvalue weighted by Gasteiger charge is 2.10. The molecule has 3 heteroatoms. The molecule has 1 aromatic carbocycles. The zero-order valence-electron chi connectivity index (χ0n) is 9.06. The Hall–Kier alpha value is -1.64. The highest BCUT2D eigenvalue weighted by Crippen LogP contribution is 2.09. The summed E-state index contributed by atoms with van der Waals surface area (Å²) in [5, 5.41) is 8.89. The molecule has 0 N–H and O–H groups in total. The molecule has 1 aliphatic heterocycles. The molecule has 0 aromatic heterocycles. The summed E-state index contributed by atoms with van der Waals surface area (Å²) in [5.74, 6) is -1.08. The lowest BCUT2D eigenvalue weighted by atomic mass is 10.0. The summed E-state index contributed by atoms with van der Waals surface area (Å²) in [6.07, 6.45) is 3.39. The van der Waals surface area contributed by atoms with E-state index < -0.39 is 5.97 Å². The van der Waals surface area contributed by atoms with E-state index in [1.54, 1.807) is 0 Å². The lowest BCUT2D eigenvalue weighted by Crippen LogP contribution is -2.18. The van der Waals surface area contributed by atoms with Crippen molar-refractivity contribution in [2.45, 2.75) is 13.3 Å². The normalized spacial score (nSPS) is 13.1. The molecular weight excluding hydrogens is 190 g/mol. The Morgan fingerprint density at radius 2 is 2.00 bits per heavy atom. The molecule has 0 aliphatic carbocycles. The predicted octanol–water partition coefficient (Wildman–Crippen LogP) is 0.0601. The Bertz CT molecular complexity index is 379. The van der Waals surface area contributed by atoms with Gasteiger partial charge in [0.05, 0.1) is 0 Å². The molecule has 0 saturated heterocycles. The minimum absolute atomic E-state index is 0.972. The maximum Gasteiger partial charge on any atom is 0.170 e. The van der Waals surface area contributed by atoms with Crippen LogP contribution in [0.15, 0.2) is 24.3 Å². The first-order valence-corrected chi connectivity index (χ1v) is 4.90. The van der Waals surface area contributed by atoms with Crippen molar-refractivity contribution in [3.05, 3.63) is 35.4 Å². The maximum atomic E-state index is 8.89. The standard InChI is InChI=1S/C10H12N.C2H4O2/c1-11-7-6-9-4-2-3-5-10(9)8-11;1-2(3)4/h2-5,8H,6-7H2,1H3;1H3,(H,3,4)/q+1;/p-1. The van der Waals surface area contributed by atoms with Gasteiger partial charge in [-0.3, -0.25) is 0 Å². The van der Waals surface area contributed by atoms with Gasteiger partial charge in [-0.25, -0.2) is 4.58 Å². The number of hydrogen-bond donors (Lipinski definition) is 0. The average Bonchev–Trinajstić information content (AvgIpc) is 2.16. The molecular formula is C12H15NO2. The fraction of sp³-hybridized carbons (Fsp3) is 0.333. The lowest BCUT2D eigenvalue weighted by Gasteiger charge is -2.08. The van der Waals surface area contributed by atoms with Crippen molar-refractivity contribution in [2.24, 2.45) is 0 Å². The third-order valence-electron chi connectivity index (χ3n) is 2.15. The van der Waals surface area contributed by atoms with Crippen LogP contribution in [0.3, 0.4) is 0 Å². The number of carbonyl (C=O) groups is 1. The van der Waals surface area contributed by atoms with Gasteiger partial charge in [0.2, 0.25) is 0 Å². The van der Waals surface area contributed by atoms with Crippen LogP contribution in [0.1, 0.15) is 18.1 Å². The lowest BCUT2D eigenvalue weighted by molar-refractivity contribution is -0.493. The Kier molecular flexibility index (Phi) is 4.03. The number of hydrogen-bond acceptors (Lipinski definition) is 2. The molecule has 0 saturated carbocycles. The van der Waals surface area contributed by atoms with Crippen molar-refractivity contribution in [1.29, 1.82) is 0 Å². The van der Waals surface area contributed by atoms with Gasteiger partial charge < -0.3 is 9.90 Å². The van der Waals surface area contributed by atoms with Crippen LogP contribution >= 0.6 is 0 Å². The quantitative estimate of drug-likeness (QED) is 0.562. The van der Waals surface area contributed by atoms with Crippen LogP contribution in [0.25, 0.3) is 0 Å². The average molecular weight is 205 g/mol. The first-order chi connectivity index (χ1) is 7.09. The van der Waals surface area contributed by atoms with E-state index in [9.17, 15) is 0 Å². The van der Waals surface area contributed by atoms with Crippen LogP contribution in [0.2, 0.25) is 0 Å². The number of rotatable bonds is 0. The smallest absolute Gasteiger partial charge is 0.170 e. The van der Waals surface area contributed by atoms with Crippen LogP contribution in [0, 0.1) is 0 Å². The van der Waals surface area contributed by atoms with Crippen molar-refractivity contribution in [2.75, 3.05) is 13.6 Å². The number of carboxylic acids is 1. The molecule has 0 atom stereocenters. The molecule has 80 valence electrons. The van der Waals surface area contributed by atoms with Crippen molar-refractivity contribution in [3.63, 3.8) is 0 Å². The Balaban J connectivity index is 0.000000245. The second-order valence-electron chi connectivity index (χ2n) is 3.55. The molecule has 1 heterocycles. The predicted molar refractivity (Wildman–Crippen MR) is 57.0 cm³/mol. The molecule has 0 spiro atoms. The summed E-state index contributed by atoms with van der Waals surface area (Å²) in [7, 11) is 2.12. The van der Waals surface area contributed by atoms with Crippen LogP contribution in [-0.4, -0.2) is 30.4 Å². The molecule has 2 rings (SSSR count). The first-order valence-electron chi connectivity index (χ1n) is 4.90. The van der Waals surface area contributed by atoms with Crippen LogP contribution in [0.5, 0.6) is 0 Å². The van der Waals surface area contributed by atoms with Crippen molar-refractivity contribution in [3.8, 4) is 0 Å². The van der Waals surface area contributed by atoms with Gasteiger partial charge in [0, 0.05) is 18.0 Å². The summed E-state index contributed by atoms with van der Waals surface area (Å²) in [6.45, 7) is 2.12. The van der Waals surface area contributed by atoms with Gasteiger partial charge in [0.15, 0.2) is 6.21 Å². The second-order valence-corrected chi connectivity index (χ2v) is 3.55. The number of carboxylic acid groups (broad SMARTS) is 1. The van der Waals surface area contributed by atoms with Crippen LogP contribution in [-0.2, 0) is 11.2 Å². The summed E-state index contributed by atoms with van der Waals surface area (Å²) >= 11 is 0. The topological polar surface area (TPSA) is 43.1 Å². The number of aliphatic carboxylic acids is 1. The van der Waals surface area contributed by atoms with Gasteiger partial charge in [-0.15, -0.1) is 0 Å². The Morgan fingerprint density at radius 3 is 2.67 bits per heavy atom. The highest BCUT2D eigenvalue weighted by atomic mass is 16.4. The zero-order valence-corrected chi connectivity index (χ0v) is 9.06. The minimum atomic E-state index is -1.08. The molecule has 15 heavy (non-hydrogen) atoms. The van der Waals surface area contributed by atoms with E-state index in [2.05, 4.69) is 42.1 Å². The van der Waals surface area contributed by atoms with Crippen LogP contribution < -0.4 is 5.11 Å². The van der Waals surface area contributed by atoms with Crippen molar-refractivity contribution < 1.29 is 14.5 Å². The maximum absolute atomic E-state index is 8.89. The monoisotopic (exact) mass is 205 g/mol. The number of likely N-dealkylation sites (N-methyl/N-ethyl adjacent to an activating group) is 1. The highest BCUT2D eigenvalue weighted by molar-refractivity contribution is 5.78. The molecule has 3 nitrogen and oxygen atoms in total. The molecule has 1 aromatic rings. The van der Waals surface area contributed by atoms with Gasteiger partial charge in [-0.1, -0.05) is 18.2 Å². The van der Waals surface area contributed by atoms with E-state index in [-0.39, 0.29) is 0 Å². The van der Waals surface area contributed by atoms with Gasteiger partial charge >= 0.3 is 0 Å². The fourth-order valence-electron chi connectivity index (χ4n) is 1.49. The molecule has 0 bridgehead atoms. The van der Waals surface area contributed by atoms with Gasteiger partial charge in [0.1, 0.15) is 13.6 Å². The number of benzene rings is 1. The van der Waals surface area contributed by atoms with E-state index in [1.807, 2.05) is 0 Å². The number of carbonyl (C=O) groups excluding carboxylic acids is 1. The molecule has 0 radical (unpaired) electrons. The molecule has 0 fully saturated rings. The second kappa shape index (κ2) is 5.29. The van der Waals surface area contributed by atoms with E-state index in [4.69, 9.17) is 9.90 Å². The van der Waals surface area contributed by atoms with Crippen molar-refractivity contribution >= 4 is 12.2 Å². The van der Waals surface area contributed by atoms with Gasteiger partial charge in [-0.2, -0.15) is 0 Å². The Labute approximate surface area is 89.7 Å². The van der Waals surface area contributed by atoms with E-state index in [0.29, 0.717) is 0 Å². The number of nitrogens with zero attached hydrogens (tertiary/aromatic N) is 1. The summed E-state index contributed by atoms with van der Waals surface area (Å²) in [4.78, 5) is 8.89. The van der Waals surface area contributed by atoms with Crippen LogP contribution in [0.4, 0.5) is 0 Å². The molecule has 0 unspecified atom stereocenters. The molecule has 0 amide bonds. The van der Waals surface area contributed by atoms with Gasteiger partial charge in [0.25, 0.3) is 0 Å². The Morgan fingerprint density at radius 1 is 1.40 bits per heavy atom. The van der Waals surface area contributed by atoms with E-state index in [1.165, 1.54) is 17.5 Å².